The second kappa shape index (κ2) is 7.59. The van der Waals surface area contributed by atoms with Crippen molar-refractivity contribution in [3.05, 3.63) is 75.7 Å². The van der Waals surface area contributed by atoms with Crippen LogP contribution in [-0.4, -0.2) is 37.5 Å². The SMILES string of the molecule is Cc1ccc(-n2ncc3c(=O)n4c(nc32)SCC4CC(=O)N2CCc3ccccc32)cc1C. The van der Waals surface area contributed by atoms with E-state index in [2.05, 4.69) is 31.1 Å². The van der Waals surface area contributed by atoms with Gasteiger partial charge in [0, 0.05) is 24.4 Å². The lowest BCUT2D eigenvalue weighted by Crippen LogP contribution is -2.33. The first kappa shape index (κ1) is 20.2. The molecule has 4 heterocycles. The fraction of sp³-hybridized carbons (Fsp3) is 0.280. The van der Waals surface area contributed by atoms with E-state index in [1.807, 2.05) is 35.2 Å². The molecule has 2 aliphatic heterocycles. The molecule has 0 spiro atoms. The number of fused-ring (bicyclic) bond motifs is 3. The minimum atomic E-state index is -0.209. The van der Waals surface area contributed by atoms with Crippen molar-refractivity contribution >= 4 is 34.4 Å². The molecule has 2 aliphatic rings. The maximum atomic E-state index is 13.4. The van der Waals surface area contributed by atoms with E-state index < -0.39 is 0 Å². The standard InChI is InChI=1S/C25H23N5O2S/c1-15-7-8-18(11-16(15)2)30-23-20(13-26-30)24(32)29-19(14-33-25(29)27-23)12-22(31)28-10-9-17-5-3-4-6-21(17)28/h3-8,11,13,19H,9-10,12,14H2,1-2H3. The van der Waals surface area contributed by atoms with E-state index in [9.17, 15) is 9.59 Å². The van der Waals surface area contributed by atoms with Gasteiger partial charge in [0.15, 0.2) is 10.8 Å². The van der Waals surface area contributed by atoms with Crippen LogP contribution in [0, 0.1) is 13.8 Å². The molecule has 1 atom stereocenters. The van der Waals surface area contributed by atoms with Crippen LogP contribution in [0.2, 0.25) is 0 Å². The molecule has 2 aromatic heterocycles. The zero-order valence-electron chi connectivity index (χ0n) is 18.5. The zero-order chi connectivity index (χ0) is 22.7. The van der Waals surface area contributed by atoms with Crippen LogP contribution in [-0.2, 0) is 11.2 Å². The first-order chi connectivity index (χ1) is 16.0. The summed E-state index contributed by atoms with van der Waals surface area (Å²) < 4.78 is 3.42. The van der Waals surface area contributed by atoms with Gasteiger partial charge in [0.1, 0.15) is 5.39 Å². The summed E-state index contributed by atoms with van der Waals surface area (Å²) in [6, 6.07) is 13.9. The Hall–Kier alpha value is -3.39. The molecule has 4 aromatic rings. The number of aromatic nitrogens is 4. The molecular weight excluding hydrogens is 434 g/mol. The second-order valence-corrected chi connectivity index (χ2v) is 9.71. The lowest BCUT2D eigenvalue weighted by Gasteiger charge is -2.20. The number of hydrogen-bond acceptors (Lipinski definition) is 5. The summed E-state index contributed by atoms with van der Waals surface area (Å²) in [5.41, 5.74) is 5.86. The highest BCUT2D eigenvalue weighted by Crippen LogP contribution is 2.35. The molecule has 0 saturated heterocycles. The van der Waals surface area contributed by atoms with Gasteiger partial charge in [0.25, 0.3) is 5.56 Å². The van der Waals surface area contributed by atoms with Gasteiger partial charge < -0.3 is 4.90 Å². The zero-order valence-corrected chi connectivity index (χ0v) is 19.3. The van der Waals surface area contributed by atoms with Crippen molar-refractivity contribution in [3.8, 4) is 5.69 Å². The largest absolute Gasteiger partial charge is 0.312 e. The van der Waals surface area contributed by atoms with Gasteiger partial charge in [-0.2, -0.15) is 5.10 Å². The average molecular weight is 458 g/mol. The van der Waals surface area contributed by atoms with E-state index in [-0.39, 0.29) is 23.9 Å². The van der Waals surface area contributed by atoms with E-state index >= 15 is 0 Å². The van der Waals surface area contributed by atoms with Crippen LogP contribution < -0.4 is 10.5 Å². The molecule has 1 amide bonds. The summed E-state index contributed by atoms with van der Waals surface area (Å²) in [4.78, 5) is 33.2. The van der Waals surface area contributed by atoms with Gasteiger partial charge in [-0.1, -0.05) is 36.0 Å². The lowest BCUT2D eigenvalue weighted by atomic mass is 10.1. The molecule has 0 saturated carbocycles. The average Bonchev–Trinajstić information content (AvgIpc) is 3.53. The number of amides is 1. The summed E-state index contributed by atoms with van der Waals surface area (Å²) in [7, 11) is 0. The van der Waals surface area contributed by atoms with Gasteiger partial charge in [0.05, 0.1) is 17.9 Å². The molecule has 7 nitrogen and oxygen atoms in total. The third-order valence-electron chi connectivity index (χ3n) is 6.70. The van der Waals surface area contributed by atoms with E-state index in [4.69, 9.17) is 4.98 Å². The predicted octanol–water partition coefficient (Wildman–Crippen LogP) is 3.83. The van der Waals surface area contributed by atoms with Crippen LogP contribution in [0.4, 0.5) is 5.69 Å². The van der Waals surface area contributed by atoms with Crippen molar-refractivity contribution in [2.75, 3.05) is 17.2 Å². The maximum absolute atomic E-state index is 13.4. The molecule has 33 heavy (non-hydrogen) atoms. The Morgan fingerprint density at radius 1 is 1.15 bits per heavy atom. The second-order valence-electron chi connectivity index (χ2n) is 8.72. The monoisotopic (exact) mass is 457 g/mol. The van der Waals surface area contributed by atoms with Gasteiger partial charge in [-0.3, -0.25) is 14.2 Å². The van der Waals surface area contributed by atoms with Crippen molar-refractivity contribution < 1.29 is 4.79 Å². The topological polar surface area (TPSA) is 73.0 Å². The Morgan fingerprint density at radius 3 is 2.85 bits per heavy atom. The van der Waals surface area contributed by atoms with Gasteiger partial charge in [0.2, 0.25) is 5.91 Å². The van der Waals surface area contributed by atoms with Crippen molar-refractivity contribution in [1.82, 2.24) is 19.3 Å². The summed E-state index contributed by atoms with van der Waals surface area (Å²) in [6.45, 7) is 4.82. The number of nitrogens with zero attached hydrogens (tertiary/aromatic N) is 5. The lowest BCUT2D eigenvalue weighted by molar-refractivity contribution is -0.119. The maximum Gasteiger partial charge on any atom is 0.265 e. The highest BCUT2D eigenvalue weighted by molar-refractivity contribution is 7.99. The van der Waals surface area contributed by atoms with Crippen LogP contribution in [0.5, 0.6) is 0 Å². The molecule has 0 N–H and O–H groups in total. The molecule has 1 unspecified atom stereocenters. The van der Waals surface area contributed by atoms with Crippen LogP contribution >= 0.6 is 11.8 Å². The third-order valence-corrected chi connectivity index (χ3v) is 7.80. The van der Waals surface area contributed by atoms with E-state index in [1.54, 1.807) is 15.4 Å². The van der Waals surface area contributed by atoms with Crippen molar-refractivity contribution in [2.24, 2.45) is 0 Å². The minimum absolute atomic E-state index is 0.0521. The first-order valence-electron chi connectivity index (χ1n) is 11.1. The molecule has 2 aromatic carbocycles. The van der Waals surface area contributed by atoms with Crippen molar-refractivity contribution in [3.63, 3.8) is 0 Å². The molecule has 8 heteroatoms. The van der Waals surface area contributed by atoms with E-state index in [0.717, 1.165) is 23.4 Å². The molecule has 0 aliphatic carbocycles. The minimum Gasteiger partial charge on any atom is -0.312 e. The van der Waals surface area contributed by atoms with Gasteiger partial charge in [-0.05, 0) is 55.2 Å². The van der Waals surface area contributed by atoms with Crippen LogP contribution in [0.25, 0.3) is 16.7 Å². The Balaban J connectivity index is 1.34. The number of thioether (sulfide) groups is 1. The number of anilines is 1. The number of aryl methyl sites for hydroxylation is 2. The smallest absolute Gasteiger partial charge is 0.265 e. The summed E-state index contributed by atoms with van der Waals surface area (Å²) in [5.74, 6) is 0.712. The van der Waals surface area contributed by atoms with E-state index in [0.29, 0.717) is 28.5 Å². The van der Waals surface area contributed by atoms with Gasteiger partial charge >= 0.3 is 0 Å². The first-order valence-corrected chi connectivity index (χ1v) is 12.1. The van der Waals surface area contributed by atoms with E-state index in [1.165, 1.54) is 22.9 Å². The molecule has 0 radical (unpaired) electrons. The third kappa shape index (κ3) is 3.20. The molecule has 6 rings (SSSR count). The van der Waals surface area contributed by atoms with Crippen LogP contribution in [0.3, 0.4) is 0 Å². The van der Waals surface area contributed by atoms with Crippen molar-refractivity contribution in [1.29, 1.82) is 0 Å². The summed E-state index contributed by atoms with van der Waals surface area (Å²) >= 11 is 1.53. The van der Waals surface area contributed by atoms with Crippen LogP contribution in [0.15, 0.2) is 58.6 Å². The summed E-state index contributed by atoms with van der Waals surface area (Å²) in [5, 5.41) is 5.59. The molecule has 0 bridgehead atoms. The molecular formula is C25H23N5O2S. The number of carbonyl (C=O) groups is 1. The Bertz CT molecular complexity index is 1490. The Labute approximate surface area is 195 Å². The summed E-state index contributed by atoms with van der Waals surface area (Å²) in [6.07, 6.45) is 2.75. The van der Waals surface area contributed by atoms with Gasteiger partial charge in [-0.25, -0.2) is 9.67 Å². The fourth-order valence-corrected chi connectivity index (χ4v) is 5.87. The normalized spacial score (nSPS) is 16.9. The highest BCUT2D eigenvalue weighted by Gasteiger charge is 2.32. The van der Waals surface area contributed by atoms with Gasteiger partial charge in [-0.15, -0.1) is 0 Å². The highest BCUT2D eigenvalue weighted by atomic mass is 32.2. The number of rotatable bonds is 3. The fourth-order valence-electron chi connectivity index (χ4n) is 4.74. The Morgan fingerprint density at radius 2 is 2.00 bits per heavy atom. The predicted molar refractivity (Wildman–Crippen MR) is 129 cm³/mol. The number of para-hydroxylation sites is 1. The van der Waals surface area contributed by atoms with Crippen LogP contribution in [0.1, 0.15) is 29.2 Å². The molecule has 0 fully saturated rings. The number of benzene rings is 2. The number of hydrogen-bond donors (Lipinski definition) is 0. The van der Waals surface area contributed by atoms with Crippen molar-refractivity contribution in [2.45, 2.75) is 37.9 Å². The molecule has 166 valence electrons. The quantitative estimate of drug-likeness (QED) is 0.437. The number of carbonyl (C=O) groups excluding carboxylic acids is 1. The Kier molecular flexibility index (Phi) is 4.65.